The van der Waals surface area contributed by atoms with Crippen LogP contribution in [0.3, 0.4) is 0 Å². The number of carbonyl (C=O) groups is 1. The van der Waals surface area contributed by atoms with Gasteiger partial charge in [0.1, 0.15) is 17.5 Å². The Morgan fingerprint density at radius 3 is 2.74 bits per heavy atom. The molecule has 1 N–H and O–H groups in total. The predicted molar refractivity (Wildman–Crippen MR) is 117 cm³/mol. The van der Waals surface area contributed by atoms with Gasteiger partial charge in [-0.05, 0) is 49.9 Å². The minimum Gasteiger partial charge on any atom is -0.319 e. The molecule has 154 valence electrons. The zero-order valence-corrected chi connectivity index (χ0v) is 17.7. The third-order valence-electron chi connectivity index (χ3n) is 5.64. The number of hydrogen-bond acceptors (Lipinski definition) is 5. The predicted octanol–water partition coefficient (Wildman–Crippen LogP) is 4.35. The maximum absolute atomic E-state index is 12.9. The van der Waals surface area contributed by atoms with Crippen LogP contribution in [0, 0.1) is 25.2 Å². The SMILES string of the molecule is Cc1c(C#N)cnc(C(=O)Nc2cc3c(cnn3-c3cnn(C4CC4)c3)cc2Cl)c1C. The molecule has 3 heterocycles. The number of anilines is 1. The van der Waals surface area contributed by atoms with Gasteiger partial charge < -0.3 is 5.32 Å². The van der Waals surface area contributed by atoms with E-state index in [0.717, 1.165) is 35.0 Å². The summed E-state index contributed by atoms with van der Waals surface area (Å²) in [5.41, 5.74) is 4.20. The number of nitriles is 1. The lowest BCUT2D eigenvalue weighted by Crippen LogP contribution is -2.16. The van der Waals surface area contributed by atoms with Crippen molar-refractivity contribution in [2.45, 2.75) is 32.7 Å². The molecule has 1 aliphatic carbocycles. The van der Waals surface area contributed by atoms with E-state index in [9.17, 15) is 4.79 Å². The molecule has 31 heavy (non-hydrogen) atoms. The molecule has 1 aliphatic rings. The first-order valence-corrected chi connectivity index (χ1v) is 10.2. The van der Waals surface area contributed by atoms with Crippen LogP contribution >= 0.6 is 11.6 Å². The molecule has 3 aromatic heterocycles. The average molecular weight is 432 g/mol. The van der Waals surface area contributed by atoms with Crippen LogP contribution < -0.4 is 5.32 Å². The number of benzene rings is 1. The van der Waals surface area contributed by atoms with Crippen molar-refractivity contribution in [2.24, 2.45) is 0 Å². The van der Waals surface area contributed by atoms with Crippen LogP contribution in [0.1, 0.15) is 46.1 Å². The van der Waals surface area contributed by atoms with Crippen molar-refractivity contribution in [3.05, 3.63) is 64.3 Å². The van der Waals surface area contributed by atoms with Gasteiger partial charge in [-0.15, -0.1) is 0 Å². The van der Waals surface area contributed by atoms with E-state index in [4.69, 9.17) is 16.9 Å². The Bertz CT molecular complexity index is 1390. The molecule has 8 nitrogen and oxygen atoms in total. The molecule has 0 radical (unpaired) electrons. The number of aromatic nitrogens is 5. The van der Waals surface area contributed by atoms with Crippen LogP contribution in [0.4, 0.5) is 5.69 Å². The fourth-order valence-corrected chi connectivity index (χ4v) is 3.77. The van der Waals surface area contributed by atoms with Crippen molar-refractivity contribution in [1.29, 1.82) is 5.26 Å². The summed E-state index contributed by atoms with van der Waals surface area (Å²) < 4.78 is 3.74. The number of rotatable bonds is 4. The van der Waals surface area contributed by atoms with E-state index in [1.54, 1.807) is 43.1 Å². The molecule has 1 fully saturated rings. The third kappa shape index (κ3) is 3.33. The van der Waals surface area contributed by atoms with E-state index in [0.29, 0.717) is 27.9 Å². The van der Waals surface area contributed by atoms with Crippen LogP contribution in [-0.4, -0.2) is 30.5 Å². The highest BCUT2D eigenvalue weighted by atomic mass is 35.5. The van der Waals surface area contributed by atoms with Crippen LogP contribution in [0.25, 0.3) is 16.6 Å². The van der Waals surface area contributed by atoms with Gasteiger partial charge in [-0.2, -0.15) is 15.5 Å². The Morgan fingerprint density at radius 1 is 1.19 bits per heavy atom. The molecule has 0 atom stereocenters. The highest BCUT2D eigenvalue weighted by molar-refractivity contribution is 6.34. The molecule has 1 saturated carbocycles. The van der Waals surface area contributed by atoms with Crippen molar-refractivity contribution < 1.29 is 4.79 Å². The molecule has 1 aromatic carbocycles. The van der Waals surface area contributed by atoms with Gasteiger partial charge in [0.15, 0.2) is 0 Å². The van der Waals surface area contributed by atoms with Crippen LogP contribution in [0.15, 0.2) is 36.9 Å². The number of amides is 1. The van der Waals surface area contributed by atoms with Gasteiger partial charge in [-0.3, -0.25) is 9.48 Å². The van der Waals surface area contributed by atoms with Crippen LogP contribution in [0.2, 0.25) is 5.02 Å². The minimum absolute atomic E-state index is 0.256. The molecule has 1 amide bonds. The molecule has 0 bridgehead atoms. The summed E-state index contributed by atoms with van der Waals surface area (Å²) in [6.45, 7) is 3.57. The third-order valence-corrected chi connectivity index (χ3v) is 5.95. The highest BCUT2D eigenvalue weighted by Gasteiger charge is 2.25. The summed E-state index contributed by atoms with van der Waals surface area (Å²) in [7, 11) is 0. The first-order chi connectivity index (χ1) is 15.0. The second-order valence-corrected chi connectivity index (χ2v) is 8.10. The fourth-order valence-electron chi connectivity index (χ4n) is 3.55. The molecular formula is C22H18ClN7O. The van der Waals surface area contributed by atoms with Gasteiger partial charge in [0.25, 0.3) is 5.91 Å². The zero-order chi connectivity index (χ0) is 21.7. The van der Waals surface area contributed by atoms with Crippen LogP contribution in [0.5, 0.6) is 0 Å². The van der Waals surface area contributed by atoms with Gasteiger partial charge in [-0.1, -0.05) is 11.6 Å². The van der Waals surface area contributed by atoms with Crippen molar-refractivity contribution in [3.8, 4) is 11.8 Å². The quantitative estimate of drug-likeness (QED) is 0.517. The Labute approximate surface area is 183 Å². The van der Waals surface area contributed by atoms with E-state index in [-0.39, 0.29) is 11.6 Å². The first-order valence-electron chi connectivity index (χ1n) is 9.85. The number of nitrogens with zero attached hydrogens (tertiary/aromatic N) is 6. The standard InChI is InChI=1S/C22H18ClN7O/c1-12-13(2)21(25-8-15(12)7-24)22(31)28-19-6-20-14(5-18(19)23)9-27-30(20)17-10-26-29(11-17)16-3-4-16/h5-6,8-11,16H,3-4H2,1-2H3,(H,28,31). The Balaban J connectivity index is 1.50. The Morgan fingerprint density at radius 2 is 2.00 bits per heavy atom. The lowest BCUT2D eigenvalue weighted by Gasteiger charge is -2.11. The van der Waals surface area contributed by atoms with Gasteiger partial charge >= 0.3 is 0 Å². The number of fused-ring (bicyclic) bond motifs is 1. The highest BCUT2D eigenvalue weighted by Crippen LogP contribution is 2.35. The zero-order valence-electron chi connectivity index (χ0n) is 16.9. The molecule has 9 heteroatoms. The van der Waals surface area contributed by atoms with Gasteiger partial charge in [0, 0.05) is 11.6 Å². The lowest BCUT2D eigenvalue weighted by atomic mass is 10.0. The maximum Gasteiger partial charge on any atom is 0.274 e. The number of nitrogens with one attached hydrogen (secondary N) is 1. The van der Waals surface area contributed by atoms with E-state index in [2.05, 4.69) is 26.6 Å². The van der Waals surface area contributed by atoms with Gasteiger partial charge in [-0.25, -0.2) is 9.67 Å². The largest absolute Gasteiger partial charge is 0.319 e. The molecule has 5 rings (SSSR count). The number of carbonyl (C=O) groups excluding carboxylic acids is 1. The first kappa shape index (κ1) is 19.3. The average Bonchev–Trinajstić information content (AvgIpc) is 3.35. The molecule has 0 unspecified atom stereocenters. The van der Waals surface area contributed by atoms with E-state index >= 15 is 0 Å². The number of halogens is 1. The van der Waals surface area contributed by atoms with Gasteiger partial charge in [0.2, 0.25) is 0 Å². The minimum atomic E-state index is -0.390. The lowest BCUT2D eigenvalue weighted by molar-refractivity contribution is 0.102. The maximum atomic E-state index is 12.9. The van der Waals surface area contributed by atoms with Gasteiger partial charge in [0.05, 0.1) is 46.4 Å². The van der Waals surface area contributed by atoms with E-state index in [1.807, 2.05) is 10.9 Å². The van der Waals surface area contributed by atoms with Crippen LogP contribution in [-0.2, 0) is 0 Å². The second kappa shape index (κ2) is 7.22. The van der Waals surface area contributed by atoms with E-state index in [1.165, 1.54) is 6.20 Å². The summed E-state index contributed by atoms with van der Waals surface area (Å²) >= 11 is 6.43. The smallest absolute Gasteiger partial charge is 0.274 e. The monoisotopic (exact) mass is 431 g/mol. The van der Waals surface area contributed by atoms with E-state index < -0.39 is 0 Å². The summed E-state index contributed by atoms with van der Waals surface area (Å²) in [4.78, 5) is 17.1. The van der Waals surface area contributed by atoms with Crippen molar-refractivity contribution in [1.82, 2.24) is 24.5 Å². The topological polar surface area (TPSA) is 101 Å². The molecule has 0 aliphatic heterocycles. The van der Waals surface area contributed by atoms with Crippen molar-refractivity contribution >= 4 is 34.1 Å². The molecule has 4 aromatic rings. The molecular weight excluding hydrogens is 414 g/mol. The fraction of sp³-hybridized carbons (Fsp3) is 0.227. The summed E-state index contributed by atoms with van der Waals surface area (Å²) in [5.74, 6) is -0.390. The van der Waals surface area contributed by atoms with Crippen molar-refractivity contribution in [2.75, 3.05) is 5.32 Å². The number of hydrogen-bond donors (Lipinski definition) is 1. The number of pyridine rings is 1. The summed E-state index contributed by atoms with van der Waals surface area (Å²) in [6, 6.07) is 6.12. The van der Waals surface area contributed by atoms with Crippen molar-refractivity contribution in [3.63, 3.8) is 0 Å². The molecule has 0 spiro atoms. The normalized spacial score (nSPS) is 13.4. The summed E-state index contributed by atoms with van der Waals surface area (Å²) in [6.07, 6.45) is 9.20. The second-order valence-electron chi connectivity index (χ2n) is 7.69. The molecule has 0 saturated heterocycles. The Hall–Kier alpha value is -3.70. The summed E-state index contributed by atoms with van der Waals surface area (Å²) in [5, 5.41) is 22.2. The Kier molecular flexibility index (Phi) is 4.49.